The number of aryl methyl sites for hydroxylation is 1. The van der Waals surface area contributed by atoms with Gasteiger partial charge in [0.25, 0.3) is 5.91 Å². The summed E-state index contributed by atoms with van der Waals surface area (Å²) < 4.78 is 0. The second kappa shape index (κ2) is 7.02. The number of carbonyl (C=O) groups excluding carboxylic acids is 2. The Morgan fingerprint density at radius 3 is 2.39 bits per heavy atom. The molecule has 0 radical (unpaired) electrons. The van der Waals surface area contributed by atoms with E-state index in [9.17, 15) is 9.59 Å². The number of benzene rings is 1. The van der Waals surface area contributed by atoms with Crippen LogP contribution in [0.3, 0.4) is 0 Å². The van der Waals surface area contributed by atoms with Crippen LogP contribution in [-0.2, 0) is 0 Å². The van der Waals surface area contributed by atoms with Gasteiger partial charge < -0.3 is 15.5 Å². The van der Waals surface area contributed by atoms with E-state index < -0.39 is 0 Å². The lowest BCUT2D eigenvalue weighted by Crippen LogP contribution is -2.53. The number of hydrogen-bond acceptors (Lipinski definition) is 2. The molecule has 5 heteroatoms. The van der Waals surface area contributed by atoms with Crippen LogP contribution in [0, 0.1) is 6.92 Å². The van der Waals surface area contributed by atoms with Crippen LogP contribution in [0.25, 0.3) is 0 Å². The molecule has 2 rings (SSSR count). The van der Waals surface area contributed by atoms with E-state index in [0.29, 0.717) is 18.7 Å². The van der Waals surface area contributed by atoms with Gasteiger partial charge in [-0.2, -0.15) is 0 Å². The molecule has 1 aliphatic heterocycles. The van der Waals surface area contributed by atoms with Gasteiger partial charge in [-0.3, -0.25) is 4.79 Å². The van der Waals surface area contributed by atoms with Gasteiger partial charge in [-0.1, -0.05) is 17.7 Å². The molecule has 3 amide bonds. The molecule has 0 bridgehead atoms. The van der Waals surface area contributed by atoms with Gasteiger partial charge in [0.15, 0.2) is 0 Å². The molecule has 2 N–H and O–H groups in total. The topological polar surface area (TPSA) is 61.4 Å². The van der Waals surface area contributed by atoms with E-state index in [2.05, 4.69) is 10.6 Å². The Hall–Kier alpha value is -2.04. The highest BCUT2D eigenvalue weighted by atomic mass is 16.2. The molecule has 0 unspecified atom stereocenters. The molecule has 0 saturated carbocycles. The van der Waals surface area contributed by atoms with E-state index in [4.69, 9.17) is 0 Å². The number of piperidine rings is 1. The van der Waals surface area contributed by atoms with Crippen LogP contribution < -0.4 is 10.6 Å². The van der Waals surface area contributed by atoms with E-state index >= 15 is 0 Å². The number of amides is 3. The highest BCUT2D eigenvalue weighted by Crippen LogP contribution is 2.13. The molecule has 126 valence electrons. The van der Waals surface area contributed by atoms with Gasteiger partial charge in [-0.15, -0.1) is 0 Å². The van der Waals surface area contributed by atoms with Crippen LogP contribution in [0.4, 0.5) is 4.79 Å². The minimum Gasteiger partial charge on any atom is -0.349 e. The number of rotatable bonds is 2. The summed E-state index contributed by atoms with van der Waals surface area (Å²) >= 11 is 0. The number of hydrogen-bond donors (Lipinski definition) is 2. The maximum atomic E-state index is 12.3. The van der Waals surface area contributed by atoms with Crippen molar-refractivity contribution in [2.45, 2.75) is 52.1 Å². The molecule has 1 heterocycles. The van der Waals surface area contributed by atoms with Crippen LogP contribution in [0.15, 0.2) is 24.3 Å². The Morgan fingerprint density at radius 2 is 1.83 bits per heavy atom. The van der Waals surface area contributed by atoms with Crippen molar-refractivity contribution in [2.75, 3.05) is 13.1 Å². The first-order valence-electron chi connectivity index (χ1n) is 8.19. The molecular weight excluding hydrogens is 290 g/mol. The van der Waals surface area contributed by atoms with Crippen molar-refractivity contribution in [1.29, 1.82) is 0 Å². The average molecular weight is 317 g/mol. The van der Waals surface area contributed by atoms with Crippen molar-refractivity contribution in [1.82, 2.24) is 15.5 Å². The zero-order valence-electron chi connectivity index (χ0n) is 14.5. The lowest BCUT2D eigenvalue weighted by Gasteiger charge is -2.34. The molecule has 1 aromatic rings. The van der Waals surface area contributed by atoms with E-state index in [1.54, 1.807) is 0 Å². The molecule has 0 spiro atoms. The maximum Gasteiger partial charge on any atom is 0.317 e. The molecule has 1 saturated heterocycles. The van der Waals surface area contributed by atoms with Crippen molar-refractivity contribution in [2.24, 2.45) is 0 Å². The highest BCUT2D eigenvalue weighted by molar-refractivity contribution is 5.94. The van der Waals surface area contributed by atoms with Gasteiger partial charge in [0.1, 0.15) is 0 Å². The van der Waals surface area contributed by atoms with E-state index in [-0.39, 0.29) is 23.5 Å². The van der Waals surface area contributed by atoms with Crippen molar-refractivity contribution >= 4 is 11.9 Å². The highest BCUT2D eigenvalue weighted by Gasteiger charge is 2.26. The van der Waals surface area contributed by atoms with Crippen LogP contribution in [0.5, 0.6) is 0 Å². The summed E-state index contributed by atoms with van der Waals surface area (Å²) in [6.07, 6.45) is 1.57. The van der Waals surface area contributed by atoms with Crippen molar-refractivity contribution in [3.05, 3.63) is 35.4 Å². The summed E-state index contributed by atoms with van der Waals surface area (Å²) in [5.74, 6) is -0.0358. The summed E-state index contributed by atoms with van der Waals surface area (Å²) in [6.45, 7) is 9.23. The summed E-state index contributed by atoms with van der Waals surface area (Å²) in [6, 6.07) is 7.69. The third-order valence-corrected chi connectivity index (χ3v) is 3.88. The third kappa shape index (κ3) is 5.27. The zero-order valence-corrected chi connectivity index (χ0v) is 14.5. The third-order valence-electron chi connectivity index (χ3n) is 3.88. The van der Waals surface area contributed by atoms with Crippen LogP contribution in [0.1, 0.15) is 49.5 Å². The quantitative estimate of drug-likeness (QED) is 0.881. The largest absolute Gasteiger partial charge is 0.349 e. The number of nitrogens with one attached hydrogen (secondary N) is 2. The Morgan fingerprint density at radius 1 is 1.17 bits per heavy atom. The molecule has 0 atom stereocenters. The molecule has 5 nitrogen and oxygen atoms in total. The van der Waals surface area contributed by atoms with Gasteiger partial charge in [0.2, 0.25) is 0 Å². The van der Waals surface area contributed by atoms with Gasteiger partial charge in [-0.05, 0) is 52.7 Å². The first-order chi connectivity index (χ1) is 10.7. The summed E-state index contributed by atoms with van der Waals surface area (Å²) in [5.41, 5.74) is 1.54. The summed E-state index contributed by atoms with van der Waals surface area (Å²) in [4.78, 5) is 26.2. The Bertz CT molecular complexity index is 570. The summed E-state index contributed by atoms with van der Waals surface area (Å²) in [7, 11) is 0. The zero-order chi connectivity index (χ0) is 17.0. The minimum absolute atomic E-state index is 0.0269. The van der Waals surface area contributed by atoms with E-state index in [0.717, 1.165) is 18.4 Å². The number of urea groups is 1. The standard InChI is InChI=1S/C18H27N3O2/c1-13-6-5-7-14(12-13)16(22)19-15-8-10-21(11-9-15)17(23)20-18(2,3)4/h5-7,12,15H,8-11H2,1-4H3,(H,19,22)(H,20,23). The number of nitrogens with zero attached hydrogens (tertiary/aromatic N) is 1. The normalized spacial score (nSPS) is 16.1. The fraction of sp³-hybridized carbons (Fsp3) is 0.556. The molecule has 0 aromatic heterocycles. The first-order valence-corrected chi connectivity index (χ1v) is 8.19. The SMILES string of the molecule is Cc1cccc(C(=O)NC2CCN(C(=O)NC(C)(C)C)CC2)c1. The lowest BCUT2D eigenvalue weighted by molar-refractivity contribution is 0.0917. The second-order valence-corrected chi connectivity index (χ2v) is 7.28. The minimum atomic E-state index is -0.229. The smallest absolute Gasteiger partial charge is 0.317 e. The Kier molecular flexibility index (Phi) is 5.29. The molecule has 0 aliphatic carbocycles. The van der Waals surface area contributed by atoms with Crippen molar-refractivity contribution in [3.63, 3.8) is 0 Å². The molecule has 1 aromatic carbocycles. The Labute approximate surface area is 138 Å². The van der Waals surface area contributed by atoms with Gasteiger partial charge in [0, 0.05) is 30.2 Å². The van der Waals surface area contributed by atoms with Crippen molar-refractivity contribution < 1.29 is 9.59 Å². The van der Waals surface area contributed by atoms with Gasteiger partial charge in [0.05, 0.1) is 0 Å². The van der Waals surface area contributed by atoms with Crippen LogP contribution >= 0.6 is 0 Å². The van der Waals surface area contributed by atoms with Gasteiger partial charge >= 0.3 is 6.03 Å². The second-order valence-electron chi connectivity index (χ2n) is 7.28. The fourth-order valence-electron chi connectivity index (χ4n) is 2.68. The Balaban J connectivity index is 1.83. The first kappa shape index (κ1) is 17.3. The van der Waals surface area contributed by atoms with E-state index in [1.807, 2.05) is 56.9 Å². The van der Waals surface area contributed by atoms with Crippen LogP contribution in [-0.4, -0.2) is 41.5 Å². The number of likely N-dealkylation sites (tertiary alicyclic amines) is 1. The maximum absolute atomic E-state index is 12.3. The molecule has 1 aliphatic rings. The van der Waals surface area contributed by atoms with Crippen LogP contribution in [0.2, 0.25) is 0 Å². The average Bonchev–Trinajstić information content (AvgIpc) is 2.46. The summed E-state index contributed by atoms with van der Waals surface area (Å²) in [5, 5.41) is 6.05. The molecular formula is C18H27N3O2. The molecule has 23 heavy (non-hydrogen) atoms. The van der Waals surface area contributed by atoms with Crippen molar-refractivity contribution in [3.8, 4) is 0 Å². The lowest BCUT2D eigenvalue weighted by atomic mass is 10.0. The monoisotopic (exact) mass is 317 g/mol. The predicted octanol–water partition coefficient (Wildman–Crippen LogP) is 2.70. The van der Waals surface area contributed by atoms with Gasteiger partial charge in [-0.25, -0.2) is 4.79 Å². The number of carbonyl (C=O) groups is 2. The van der Waals surface area contributed by atoms with E-state index in [1.165, 1.54) is 0 Å². The predicted molar refractivity (Wildman–Crippen MR) is 91.5 cm³/mol. The molecule has 1 fully saturated rings. The fourth-order valence-corrected chi connectivity index (χ4v) is 2.68.